The first kappa shape index (κ1) is 20.6. The van der Waals surface area contributed by atoms with Crippen molar-refractivity contribution >= 4 is 42.6 Å². The summed E-state index contributed by atoms with van der Waals surface area (Å²) in [6, 6.07) is 9.78. The third-order valence-electron chi connectivity index (χ3n) is 4.93. The summed E-state index contributed by atoms with van der Waals surface area (Å²) in [4.78, 5) is 17.4. The molecule has 158 valence electrons. The summed E-state index contributed by atoms with van der Waals surface area (Å²) >= 11 is 1.22. The zero-order valence-corrected chi connectivity index (χ0v) is 18.2. The Hall–Kier alpha value is -2.69. The predicted molar refractivity (Wildman–Crippen MR) is 115 cm³/mol. The van der Waals surface area contributed by atoms with Crippen LogP contribution in [-0.4, -0.2) is 50.9 Å². The second-order valence-electron chi connectivity index (χ2n) is 6.78. The first-order valence-corrected chi connectivity index (χ1v) is 11.6. The van der Waals surface area contributed by atoms with E-state index >= 15 is 0 Å². The molecule has 2 heterocycles. The van der Waals surface area contributed by atoms with E-state index in [-0.39, 0.29) is 4.90 Å². The Balaban J connectivity index is 1.61. The fourth-order valence-corrected chi connectivity index (χ4v) is 5.87. The zero-order chi connectivity index (χ0) is 21.3. The first-order chi connectivity index (χ1) is 14.4. The van der Waals surface area contributed by atoms with E-state index in [1.165, 1.54) is 29.9 Å². The van der Waals surface area contributed by atoms with Crippen molar-refractivity contribution in [2.75, 3.05) is 32.6 Å². The van der Waals surface area contributed by atoms with Crippen molar-refractivity contribution in [2.24, 2.45) is 0 Å². The van der Waals surface area contributed by atoms with Gasteiger partial charge in [0.05, 0.1) is 34.9 Å². The number of anilines is 1. The number of ether oxygens (including phenoxy) is 2. The minimum atomic E-state index is -3.51. The van der Waals surface area contributed by atoms with Gasteiger partial charge in [-0.2, -0.15) is 4.31 Å². The van der Waals surface area contributed by atoms with Crippen molar-refractivity contribution in [3.05, 3.63) is 42.0 Å². The van der Waals surface area contributed by atoms with Gasteiger partial charge in [-0.3, -0.25) is 10.1 Å². The van der Waals surface area contributed by atoms with Crippen LogP contribution >= 0.6 is 11.3 Å². The van der Waals surface area contributed by atoms with Gasteiger partial charge in [0, 0.05) is 13.1 Å². The summed E-state index contributed by atoms with van der Waals surface area (Å²) in [5.41, 5.74) is 0.932. The number of nitrogens with one attached hydrogen (secondary N) is 1. The highest BCUT2D eigenvalue weighted by molar-refractivity contribution is 7.89. The molecule has 1 aromatic heterocycles. The van der Waals surface area contributed by atoms with Crippen LogP contribution in [0.4, 0.5) is 5.13 Å². The molecule has 4 rings (SSSR count). The minimum absolute atomic E-state index is 0.243. The van der Waals surface area contributed by atoms with Gasteiger partial charge in [0.2, 0.25) is 10.0 Å². The Morgan fingerprint density at radius 1 is 1.10 bits per heavy atom. The van der Waals surface area contributed by atoms with E-state index < -0.39 is 15.9 Å². The number of methoxy groups -OCH3 is 2. The minimum Gasteiger partial charge on any atom is -0.497 e. The van der Waals surface area contributed by atoms with Crippen molar-refractivity contribution in [1.82, 2.24) is 9.29 Å². The third-order valence-corrected chi connectivity index (χ3v) is 7.76. The van der Waals surface area contributed by atoms with Gasteiger partial charge in [0.25, 0.3) is 5.91 Å². The summed E-state index contributed by atoms with van der Waals surface area (Å²) in [5.74, 6) is 0.546. The number of hydrogen-bond donors (Lipinski definition) is 1. The number of carbonyl (C=O) groups is 1. The molecule has 0 aliphatic carbocycles. The summed E-state index contributed by atoms with van der Waals surface area (Å²) < 4.78 is 38.2. The number of hydrogen-bond acceptors (Lipinski definition) is 7. The largest absolute Gasteiger partial charge is 0.497 e. The van der Waals surface area contributed by atoms with Crippen LogP contribution in [0.5, 0.6) is 11.5 Å². The van der Waals surface area contributed by atoms with E-state index in [0.717, 1.165) is 12.8 Å². The van der Waals surface area contributed by atoms with Crippen molar-refractivity contribution in [2.45, 2.75) is 17.7 Å². The molecule has 0 unspecified atom stereocenters. The number of nitrogens with zero attached hydrogens (tertiary/aromatic N) is 2. The number of amides is 1. The van der Waals surface area contributed by atoms with Gasteiger partial charge < -0.3 is 9.47 Å². The van der Waals surface area contributed by atoms with Gasteiger partial charge in [-0.05, 0) is 49.2 Å². The van der Waals surface area contributed by atoms with E-state index in [0.29, 0.717) is 45.5 Å². The fourth-order valence-electron chi connectivity index (χ4n) is 3.35. The van der Waals surface area contributed by atoms with Crippen LogP contribution in [0, 0.1) is 0 Å². The summed E-state index contributed by atoms with van der Waals surface area (Å²) in [6.07, 6.45) is 1.76. The van der Waals surface area contributed by atoms with Crippen LogP contribution in [-0.2, 0) is 10.0 Å². The number of fused-ring (bicyclic) bond motifs is 1. The van der Waals surface area contributed by atoms with Gasteiger partial charge in [-0.15, -0.1) is 0 Å². The molecule has 0 spiro atoms. The molecular weight excluding hydrogens is 426 g/mol. The lowest BCUT2D eigenvalue weighted by molar-refractivity contribution is 0.102. The van der Waals surface area contributed by atoms with Gasteiger partial charge in [0.15, 0.2) is 5.13 Å². The molecule has 30 heavy (non-hydrogen) atoms. The highest BCUT2D eigenvalue weighted by Gasteiger charge is 2.27. The Morgan fingerprint density at radius 3 is 2.57 bits per heavy atom. The summed E-state index contributed by atoms with van der Waals surface area (Å²) in [7, 11) is -0.506. The maximum Gasteiger partial charge on any atom is 0.261 e. The number of carbonyl (C=O) groups excluding carboxylic acids is 1. The van der Waals surface area contributed by atoms with E-state index in [9.17, 15) is 13.2 Å². The second-order valence-corrected chi connectivity index (χ2v) is 9.75. The second kappa shape index (κ2) is 8.21. The SMILES string of the molecule is COc1ccc(OC)c(C(=O)Nc2nc3ccc(S(=O)(=O)N4CCCC4)cc3s2)c1. The molecule has 2 aromatic carbocycles. The highest BCUT2D eigenvalue weighted by Crippen LogP contribution is 2.31. The molecule has 1 N–H and O–H groups in total. The van der Waals surface area contributed by atoms with Crippen LogP contribution < -0.4 is 14.8 Å². The van der Waals surface area contributed by atoms with E-state index in [1.807, 2.05) is 0 Å². The van der Waals surface area contributed by atoms with Crippen LogP contribution in [0.3, 0.4) is 0 Å². The number of benzene rings is 2. The van der Waals surface area contributed by atoms with Gasteiger partial charge in [-0.1, -0.05) is 11.3 Å². The molecule has 1 saturated heterocycles. The quantitative estimate of drug-likeness (QED) is 0.622. The van der Waals surface area contributed by atoms with Gasteiger partial charge in [0.1, 0.15) is 11.5 Å². The lowest BCUT2D eigenvalue weighted by Gasteiger charge is -2.15. The molecule has 8 nitrogen and oxygen atoms in total. The number of sulfonamides is 1. The molecule has 1 aliphatic rings. The topological polar surface area (TPSA) is 97.8 Å². The molecule has 10 heteroatoms. The lowest BCUT2D eigenvalue weighted by atomic mass is 10.2. The Bertz CT molecular complexity index is 1200. The Labute approximate surface area is 178 Å². The molecule has 0 saturated carbocycles. The number of thiazole rings is 1. The average molecular weight is 448 g/mol. The molecule has 1 amide bonds. The molecule has 0 atom stereocenters. The van der Waals surface area contributed by atoms with E-state index in [2.05, 4.69) is 10.3 Å². The Kier molecular flexibility index (Phi) is 5.63. The van der Waals surface area contributed by atoms with Crippen molar-refractivity contribution in [3.63, 3.8) is 0 Å². The lowest BCUT2D eigenvalue weighted by Crippen LogP contribution is -2.27. The highest BCUT2D eigenvalue weighted by atomic mass is 32.2. The monoisotopic (exact) mass is 447 g/mol. The first-order valence-electron chi connectivity index (χ1n) is 9.36. The van der Waals surface area contributed by atoms with Crippen LogP contribution in [0.25, 0.3) is 10.2 Å². The van der Waals surface area contributed by atoms with Crippen LogP contribution in [0.1, 0.15) is 23.2 Å². The third kappa shape index (κ3) is 3.85. The smallest absolute Gasteiger partial charge is 0.261 e. The number of aromatic nitrogens is 1. The fraction of sp³-hybridized carbons (Fsp3) is 0.300. The summed E-state index contributed by atoms with van der Waals surface area (Å²) in [6.45, 7) is 1.10. The zero-order valence-electron chi connectivity index (χ0n) is 16.5. The van der Waals surface area contributed by atoms with Crippen molar-refractivity contribution in [1.29, 1.82) is 0 Å². The number of rotatable bonds is 6. The standard InChI is InChI=1S/C20H21N3O5S2/c1-27-13-5-8-17(28-2)15(11-13)19(24)22-20-21-16-7-6-14(12-18(16)29-20)30(25,26)23-9-3-4-10-23/h5-8,11-12H,3-4,9-10H2,1-2H3,(H,21,22,24). The van der Waals surface area contributed by atoms with Gasteiger partial charge in [-0.25, -0.2) is 13.4 Å². The van der Waals surface area contributed by atoms with Crippen molar-refractivity contribution in [3.8, 4) is 11.5 Å². The summed E-state index contributed by atoms with van der Waals surface area (Å²) in [5, 5.41) is 3.13. The maximum atomic E-state index is 12.8. The molecule has 1 aliphatic heterocycles. The molecular formula is C20H21N3O5S2. The maximum absolute atomic E-state index is 12.8. The van der Waals surface area contributed by atoms with E-state index in [1.54, 1.807) is 36.4 Å². The van der Waals surface area contributed by atoms with E-state index in [4.69, 9.17) is 9.47 Å². The predicted octanol–water partition coefficient (Wildman–Crippen LogP) is 3.35. The average Bonchev–Trinajstić information content (AvgIpc) is 3.42. The molecule has 0 radical (unpaired) electrons. The molecule has 1 fully saturated rings. The Morgan fingerprint density at radius 2 is 1.87 bits per heavy atom. The van der Waals surface area contributed by atoms with Crippen molar-refractivity contribution < 1.29 is 22.7 Å². The normalized spacial score (nSPS) is 14.7. The van der Waals surface area contributed by atoms with Crippen LogP contribution in [0.2, 0.25) is 0 Å². The van der Waals surface area contributed by atoms with Crippen LogP contribution in [0.15, 0.2) is 41.3 Å². The van der Waals surface area contributed by atoms with Gasteiger partial charge >= 0.3 is 0 Å². The molecule has 3 aromatic rings. The molecule has 0 bridgehead atoms.